The van der Waals surface area contributed by atoms with Crippen LogP contribution in [-0.2, 0) is 0 Å². The molecule has 49 heavy (non-hydrogen) atoms. The predicted octanol–water partition coefficient (Wildman–Crippen LogP) is 9.31. The van der Waals surface area contributed by atoms with Crippen LogP contribution in [0.3, 0.4) is 0 Å². The van der Waals surface area contributed by atoms with Crippen LogP contribution in [0.4, 0.5) is 0 Å². The van der Waals surface area contributed by atoms with E-state index in [9.17, 15) is 0 Å². The smallest absolute Gasteiger partial charge is 0.0699 e. The lowest BCUT2D eigenvalue weighted by atomic mass is 9.70. The highest BCUT2D eigenvalue weighted by atomic mass is 127. The largest absolute Gasteiger partial charge is 0.356 e. The number of halogens is 1. The number of nitrogens with one attached hydrogen (secondary N) is 2. The molecule has 8 aliphatic carbocycles. The standard InChI is InChI=1S/C44H43IN4/c1-23-2-7-30(22-45)44-38-21-37-43-29-14-10-27(11-15-29)41(43)34(48-37)19-32-17-25-5-3-24(4-6-25)16-31(46-32)18-33-40-26-8-12-28(13-9-26)42(40)36(47-33)20-35(49-38)39(23)44/h3,5,8,10,12,14,16-21,23-30,46,49H,2,4,6-7,9,11,13,15,22H2,1H3/b31-16-,32-17+,33-18?,34-19?,35-20?,38-21?. The van der Waals surface area contributed by atoms with E-state index in [0.29, 0.717) is 47.3 Å². The number of fused-ring (bicyclic) bond motifs is 12. The Morgan fingerprint density at radius 2 is 1.02 bits per heavy atom. The summed E-state index contributed by atoms with van der Waals surface area (Å²) < 4.78 is 1.14. The highest BCUT2D eigenvalue weighted by Gasteiger charge is 2.39. The number of allylic oxidation sites excluding steroid dienone is 10. The van der Waals surface area contributed by atoms with Gasteiger partial charge in [0.05, 0.1) is 22.8 Å². The zero-order valence-electron chi connectivity index (χ0n) is 28.2. The van der Waals surface area contributed by atoms with E-state index >= 15 is 0 Å². The van der Waals surface area contributed by atoms with E-state index in [0.717, 1.165) is 26.5 Å². The number of nitrogens with zero attached hydrogens (tertiary/aromatic N) is 2. The Hall–Kier alpha value is -3.45. The summed E-state index contributed by atoms with van der Waals surface area (Å²) in [6.07, 6.45) is 29.4. The number of H-pyrrole nitrogens is 2. The SMILES string of the molecule is CC1CCC(CI)c2c1c1cc3nc(c/c4[nH]/c(cc5nc(cc2[nH]1)C1=C5C2C=CC1CC2)=C/C1C=CC(\C=4)CC1)C1=C3C2C=CC1CC2. The third-order valence-electron chi connectivity index (χ3n) is 13.2. The summed E-state index contributed by atoms with van der Waals surface area (Å²) in [6, 6.07) is 9.65. The maximum atomic E-state index is 5.57. The van der Waals surface area contributed by atoms with E-state index in [-0.39, 0.29) is 0 Å². The molecule has 2 N–H and O–H groups in total. The van der Waals surface area contributed by atoms with Crippen LogP contribution in [0, 0.1) is 35.5 Å². The molecule has 12 aliphatic rings. The average Bonchev–Trinajstić information content (AvgIpc) is 3.83. The van der Waals surface area contributed by atoms with Crippen LogP contribution >= 0.6 is 22.6 Å². The first-order valence-corrected chi connectivity index (χ1v) is 20.5. The molecule has 4 nitrogen and oxygen atoms in total. The second-order valence-electron chi connectivity index (χ2n) is 16.1. The van der Waals surface area contributed by atoms with Gasteiger partial charge in [-0.15, -0.1) is 0 Å². The van der Waals surface area contributed by atoms with Crippen molar-refractivity contribution >= 4 is 68.1 Å². The molecular weight excluding hydrogens is 711 g/mol. The zero-order chi connectivity index (χ0) is 32.4. The van der Waals surface area contributed by atoms with Crippen LogP contribution < -0.4 is 10.7 Å². The minimum atomic E-state index is 0.435. The molecule has 0 saturated heterocycles. The van der Waals surface area contributed by atoms with Gasteiger partial charge >= 0.3 is 0 Å². The summed E-state index contributed by atoms with van der Waals surface area (Å²) in [4.78, 5) is 19.2. The summed E-state index contributed by atoms with van der Waals surface area (Å²) in [5.74, 6) is 3.73. The second kappa shape index (κ2) is 11.0. The van der Waals surface area contributed by atoms with Crippen molar-refractivity contribution in [1.29, 1.82) is 0 Å². The lowest BCUT2D eigenvalue weighted by molar-refractivity contribution is 0.543. The van der Waals surface area contributed by atoms with Gasteiger partial charge < -0.3 is 9.97 Å². The van der Waals surface area contributed by atoms with Crippen molar-refractivity contribution < 1.29 is 0 Å². The molecule has 0 radical (unpaired) electrons. The first kappa shape index (κ1) is 29.3. The fraction of sp³-hybridized carbons (Fsp3) is 0.409. The van der Waals surface area contributed by atoms with E-state index in [1.807, 2.05) is 0 Å². The van der Waals surface area contributed by atoms with Gasteiger partial charge in [-0.25, -0.2) is 9.97 Å². The van der Waals surface area contributed by atoms with Crippen LogP contribution in [0.25, 0.3) is 45.5 Å². The summed E-state index contributed by atoms with van der Waals surface area (Å²) in [5.41, 5.74) is 16.2. The van der Waals surface area contributed by atoms with Crippen molar-refractivity contribution in [3.8, 4) is 0 Å². The number of rotatable bonds is 1. The Morgan fingerprint density at radius 3 is 1.47 bits per heavy atom. The van der Waals surface area contributed by atoms with Crippen molar-refractivity contribution in [2.45, 2.75) is 70.1 Å². The number of aromatic amines is 2. The molecule has 0 amide bonds. The zero-order valence-corrected chi connectivity index (χ0v) is 30.3. The van der Waals surface area contributed by atoms with Gasteiger partial charge in [0.2, 0.25) is 0 Å². The topological polar surface area (TPSA) is 57.4 Å². The monoisotopic (exact) mass is 754 g/mol. The van der Waals surface area contributed by atoms with Gasteiger partial charge in [-0.05, 0) is 133 Å². The number of hydrogen-bond donors (Lipinski definition) is 2. The van der Waals surface area contributed by atoms with Gasteiger partial charge in [0, 0.05) is 49.8 Å². The molecule has 0 spiro atoms. The van der Waals surface area contributed by atoms with E-state index in [2.05, 4.69) is 112 Å². The maximum Gasteiger partial charge on any atom is 0.0699 e. The molecule has 0 fully saturated rings. The molecule has 5 heteroatoms. The molecule has 0 aromatic carbocycles. The van der Waals surface area contributed by atoms with Gasteiger partial charge in [0.1, 0.15) is 0 Å². The number of aromatic nitrogens is 4. The van der Waals surface area contributed by atoms with Crippen LogP contribution in [-0.4, -0.2) is 24.4 Å². The molecule has 14 bridgehead atoms. The van der Waals surface area contributed by atoms with Gasteiger partial charge in [-0.3, -0.25) is 0 Å². The molecule has 2 aromatic heterocycles. The highest BCUT2D eigenvalue weighted by Crippen LogP contribution is 2.53. The first-order chi connectivity index (χ1) is 24.1. The van der Waals surface area contributed by atoms with Gasteiger partial charge in [0.25, 0.3) is 0 Å². The molecule has 8 unspecified atom stereocenters. The maximum absolute atomic E-state index is 5.57. The molecule has 246 valence electrons. The summed E-state index contributed by atoms with van der Waals surface area (Å²) in [7, 11) is 0. The summed E-state index contributed by atoms with van der Waals surface area (Å²) in [5, 5.41) is 2.33. The lowest BCUT2D eigenvalue weighted by Gasteiger charge is -2.32. The quantitative estimate of drug-likeness (QED) is 0.173. The number of hydrogen-bond acceptors (Lipinski definition) is 2. The Balaban J connectivity index is 1.30. The normalized spacial score (nSPS) is 33.8. The second-order valence-corrected chi connectivity index (χ2v) is 17.0. The minimum Gasteiger partial charge on any atom is -0.356 e. The Morgan fingerprint density at radius 1 is 0.551 bits per heavy atom. The van der Waals surface area contributed by atoms with Gasteiger partial charge in [0.15, 0.2) is 0 Å². The van der Waals surface area contributed by atoms with Crippen molar-refractivity contribution in [2.75, 3.05) is 4.43 Å². The summed E-state index contributed by atoms with van der Waals surface area (Å²) >= 11 is 2.63. The van der Waals surface area contributed by atoms with E-state index in [4.69, 9.17) is 9.97 Å². The van der Waals surface area contributed by atoms with Crippen LogP contribution in [0.15, 0.2) is 60.7 Å². The molecule has 4 aliphatic heterocycles. The van der Waals surface area contributed by atoms with E-state index in [1.165, 1.54) is 107 Å². The minimum absolute atomic E-state index is 0.435. The van der Waals surface area contributed by atoms with Crippen molar-refractivity contribution in [1.82, 2.24) is 19.9 Å². The average molecular weight is 755 g/mol. The van der Waals surface area contributed by atoms with Crippen molar-refractivity contribution in [3.63, 3.8) is 0 Å². The van der Waals surface area contributed by atoms with Crippen LogP contribution in [0.5, 0.6) is 0 Å². The molecule has 14 rings (SSSR count). The third kappa shape index (κ3) is 4.52. The fourth-order valence-electron chi connectivity index (χ4n) is 10.9. The Labute approximate surface area is 301 Å². The molecular formula is C44H43IN4. The lowest BCUT2D eigenvalue weighted by Crippen LogP contribution is -2.21. The third-order valence-corrected chi connectivity index (χ3v) is 14.3. The highest BCUT2D eigenvalue weighted by molar-refractivity contribution is 14.1. The van der Waals surface area contributed by atoms with Crippen LogP contribution in [0.2, 0.25) is 0 Å². The Kier molecular flexibility index (Phi) is 6.59. The molecule has 2 aromatic rings. The molecule has 8 atom stereocenters. The van der Waals surface area contributed by atoms with Gasteiger partial charge in [-0.1, -0.05) is 78.1 Å². The fourth-order valence-corrected chi connectivity index (χ4v) is 11.8. The van der Waals surface area contributed by atoms with Gasteiger partial charge in [-0.2, -0.15) is 0 Å². The Bertz CT molecular complexity index is 2310. The van der Waals surface area contributed by atoms with Crippen LogP contribution in [0.1, 0.15) is 104 Å². The summed E-state index contributed by atoms with van der Waals surface area (Å²) in [6.45, 7) is 2.44. The van der Waals surface area contributed by atoms with Crippen molar-refractivity contribution in [2.24, 2.45) is 35.5 Å². The van der Waals surface area contributed by atoms with Crippen molar-refractivity contribution in [3.05, 3.63) is 105 Å². The predicted molar refractivity (Wildman–Crippen MR) is 209 cm³/mol. The van der Waals surface area contributed by atoms with E-state index in [1.54, 1.807) is 0 Å². The molecule has 6 heterocycles. The molecule has 0 saturated carbocycles. The van der Waals surface area contributed by atoms with E-state index < -0.39 is 0 Å². The first-order valence-electron chi connectivity index (χ1n) is 18.9. The number of alkyl halides is 1.